The van der Waals surface area contributed by atoms with Crippen LogP contribution in [0.25, 0.3) is 0 Å². The molecule has 2 aromatic rings. The summed E-state index contributed by atoms with van der Waals surface area (Å²) in [7, 11) is 0. The zero-order valence-corrected chi connectivity index (χ0v) is 16.3. The highest BCUT2D eigenvalue weighted by molar-refractivity contribution is 6.22. The molecule has 0 spiro atoms. The van der Waals surface area contributed by atoms with Gasteiger partial charge in [-0.25, -0.2) is 0 Å². The molecule has 2 aliphatic rings. The second kappa shape index (κ2) is 7.89. The summed E-state index contributed by atoms with van der Waals surface area (Å²) in [6, 6.07) is 17.8. The van der Waals surface area contributed by atoms with Crippen molar-refractivity contribution in [2.45, 2.75) is 34.9 Å². The van der Waals surface area contributed by atoms with Crippen molar-refractivity contribution in [2.75, 3.05) is 13.2 Å². The molecule has 6 atom stereocenters. The van der Waals surface area contributed by atoms with Gasteiger partial charge in [-0.3, -0.25) is 0 Å². The molecular weight excluding hydrogens is 407 g/mol. The van der Waals surface area contributed by atoms with E-state index in [2.05, 4.69) is 0 Å². The molecule has 28 heavy (non-hydrogen) atoms. The van der Waals surface area contributed by atoms with E-state index in [-0.39, 0.29) is 13.2 Å². The maximum Gasteiger partial charge on any atom is 0.276 e. The van der Waals surface area contributed by atoms with Crippen LogP contribution in [0.3, 0.4) is 0 Å². The number of aliphatic hydroxyl groups is 2. The Morgan fingerprint density at radius 1 is 0.679 bits per heavy atom. The highest BCUT2D eigenvalue weighted by Gasteiger charge is 2.50. The average molecular weight is 427 g/mol. The quantitative estimate of drug-likeness (QED) is 0.718. The largest absolute Gasteiger partial charge is 0.387 e. The van der Waals surface area contributed by atoms with Crippen molar-refractivity contribution in [1.29, 1.82) is 0 Å². The van der Waals surface area contributed by atoms with Gasteiger partial charge >= 0.3 is 0 Å². The van der Waals surface area contributed by atoms with Crippen molar-refractivity contribution >= 4 is 23.2 Å². The van der Waals surface area contributed by atoms with Crippen LogP contribution in [0.1, 0.15) is 11.1 Å². The third kappa shape index (κ3) is 3.79. The molecule has 2 saturated heterocycles. The predicted octanol–water partition coefficient (Wildman–Crippen LogP) is 2.64. The molecule has 0 amide bonds. The molecule has 2 aromatic carbocycles. The number of ether oxygens (including phenoxy) is 4. The monoisotopic (exact) mass is 426 g/mol. The summed E-state index contributed by atoms with van der Waals surface area (Å²) in [5.74, 6) is 0. The van der Waals surface area contributed by atoms with Gasteiger partial charge in [0, 0.05) is 11.1 Å². The molecule has 2 unspecified atom stereocenters. The van der Waals surface area contributed by atoms with E-state index in [0.29, 0.717) is 11.1 Å². The van der Waals surface area contributed by atoms with Gasteiger partial charge in [-0.05, 0) is 0 Å². The first kappa shape index (κ1) is 20.1. The molecule has 150 valence electrons. The second-order valence-corrected chi connectivity index (χ2v) is 7.72. The molecule has 0 aliphatic carbocycles. The fourth-order valence-electron chi connectivity index (χ4n) is 3.26. The van der Waals surface area contributed by atoms with Gasteiger partial charge < -0.3 is 29.2 Å². The number of alkyl halides is 2. The first-order valence-corrected chi connectivity index (χ1v) is 9.65. The van der Waals surface area contributed by atoms with E-state index in [4.69, 9.17) is 42.1 Å². The molecule has 2 N–H and O–H groups in total. The minimum absolute atomic E-state index is 0.187. The molecule has 2 bridgehead atoms. The molecule has 4 rings (SSSR count). The SMILES string of the molecule is O[C@@H]1[C@@H](O)[C@H]2COC(Cl)(c3ccccc3)O[C@H]1COC(Cl)(c1ccccc1)O2. The van der Waals surface area contributed by atoms with E-state index in [1.807, 2.05) is 12.1 Å². The van der Waals surface area contributed by atoms with Gasteiger partial charge in [0.1, 0.15) is 24.4 Å². The van der Waals surface area contributed by atoms with Crippen molar-refractivity contribution in [3.8, 4) is 0 Å². The minimum atomic E-state index is -1.67. The van der Waals surface area contributed by atoms with Crippen LogP contribution in [0, 0.1) is 0 Å². The van der Waals surface area contributed by atoms with Crippen molar-refractivity contribution < 1.29 is 29.2 Å². The third-order valence-electron chi connectivity index (χ3n) is 4.82. The average Bonchev–Trinajstić information content (AvgIpc) is 2.73. The number of rotatable bonds is 2. The number of hydrogen-bond acceptors (Lipinski definition) is 6. The zero-order chi connectivity index (χ0) is 19.8. The molecule has 2 aliphatic heterocycles. The van der Waals surface area contributed by atoms with Crippen LogP contribution < -0.4 is 0 Å². The molecule has 2 heterocycles. The summed E-state index contributed by atoms with van der Waals surface area (Å²) < 4.78 is 23.4. The Morgan fingerprint density at radius 2 is 1.04 bits per heavy atom. The molecule has 0 aromatic heterocycles. The summed E-state index contributed by atoms with van der Waals surface area (Å²) >= 11 is 13.2. The smallest absolute Gasteiger partial charge is 0.276 e. The lowest BCUT2D eigenvalue weighted by molar-refractivity contribution is -0.343. The van der Waals surface area contributed by atoms with Gasteiger partial charge in [-0.15, -0.1) is 0 Å². The van der Waals surface area contributed by atoms with Gasteiger partial charge in [-0.1, -0.05) is 83.9 Å². The van der Waals surface area contributed by atoms with Crippen LogP contribution in [-0.2, 0) is 29.4 Å². The summed E-state index contributed by atoms with van der Waals surface area (Å²) in [5, 5.41) is 17.9. The van der Waals surface area contributed by atoms with Crippen molar-refractivity contribution in [3.63, 3.8) is 0 Å². The minimum Gasteiger partial charge on any atom is -0.387 e. The molecule has 0 saturated carbocycles. The van der Waals surface area contributed by atoms with E-state index < -0.39 is 34.9 Å². The number of hydrogen-bond donors (Lipinski definition) is 2. The van der Waals surface area contributed by atoms with Crippen molar-refractivity contribution in [1.82, 2.24) is 0 Å². The topological polar surface area (TPSA) is 77.4 Å². The predicted molar refractivity (Wildman–Crippen MR) is 102 cm³/mol. The van der Waals surface area contributed by atoms with E-state index in [1.54, 1.807) is 48.5 Å². The van der Waals surface area contributed by atoms with Crippen LogP contribution in [0.5, 0.6) is 0 Å². The number of halogens is 2. The van der Waals surface area contributed by atoms with Crippen LogP contribution in [0.15, 0.2) is 60.7 Å². The van der Waals surface area contributed by atoms with Crippen LogP contribution >= 0.6 is 23.2 Å². The lowest BCUT2D eigenvalue weighted by Gasteiger charge is -2.45. The van der Waals surface area contributed by atoms with E-state index >= 15 is 0 Å². The lowest BCUT2D eigenvalue weighted by Crippen LogP contribution is -2.58. The van der Waals surface area contributed by atoms with Gasteiger partial charge in [0.05, 0.1) is 13.2 Å². The Hall–Kier alpha value is -1.22. The Balaban J connectivity index is 1.68. The Labute approximate surface area is 172 Å². The number of fused-ring (bicyclic) bond motifs is 3. The van der Waals surface area contributed by atoms with Gasteiger partial charge in [0.25, 0.3) is 10.5 Å². The number of aliphatic hydroxyl groups excluding tert-OH is 2. The van der Waals surface area contributed by atoms with Gasteiger partial charge in [-0.2, -0.15) is 0 Å². The standard InChI is InChI=1S/C20H20Cl2O6/c21-19(13-7-3-1-4-8-13)25-11-16-18(24)17(23)15(27-19)12-26-20(22,28-16)14-9-5-2-6-10-14/h1-10,15-18,23-24H,11-12H2/t15-,16+,17-,18-,19?,20?/m0/s1. The van der Waals surface area contributed by atoms with Crippen LogP contribution in [-0.4, -0.2) is 47.8 Å². The third-order valence-corrected chi connectivity index (χ3v) is 5.65. The number of benzene rings is 2. The Morgan fingerprint density at radius 3 is 1.39 bits per heavy atom. The molecular formula is C20H20Cl2O6. The van der Waals surface area contributed by atoms with Crippen molar-refractivity contribution in [3.05, 3.63) is 71.8 Å². The zero-order valence-electron chi connectivity index (χ0n) is 14.8. The highest BCUT2D eigenvalue weighted by Crippen LogP contribution is 2.42. The molecule has 6 nitrogen and oxygen atoms in total. The van der Waals surface area contributed by atoms with Gasteiger partial charge in [0.15, 0.2) is 0 Å². The summed E-state index contributed by atoms with van der Waals surface area (Å²) in [6.45, 7) is -0.373. The molecule has 8 heteroatoms. The summed E-state index contributed by atoms with van der Waals surface area (Å²) in [5.41, 5.74) is 1.09. The normalized spacial score (nSPS) is 38.9. The Bertz CT molecular complexity index is 726. The van der Waals surface area contributed by atoms with E-state index in [0.717, 1.165) is 0 Å². The van der Waals surface area contributed by atoms with E-state index in [1.165, 1.54) is 0 Å². The molecule has 0 radical (unpaired) electrons. The summed E-state index contributed by atoms with van der Waals surface area (Å²) in [4.78, 5) is 0. The fraction of sp³-hybridized carbons (Fsp3) is 0.400. The maximum atomic E-state index is 10.6. The Kier molecular flexibility index (Phi) is 5.66. The van der Waals surface area contributed by atoms with Gasteiger partial charge in [0.2, 0.25) is 0 Å². The lowest BCUT2D eigenvalue weighted by atomic mass is 10.0. The summed E-state index contributed by atoms with van der Waals surface area (Å²) in [6.07, 6.45) is -4.65. The first-order valence-electron chi connectivity index (χ1n) is 8.90. The van der Waals surface area contributed by atoms with Crippen molar-refractivity contribution in [2.24, 2.45) is 0 Å². The fourth-order valence-corrected chi connectivity index (χ4v) is 3.86. The highest BCUT2D eigenvalue weighted by atomic mass is 35.5. The first-order chi connectivity index (χ1) is 13.4. The van der Waals surface area contributed by atoms with Crippen LogP contribution in [0.2, 0.25) is 0 Å². The van der Waals surface area contributed by atoms with E-state index in [9.17, 15) is 10.2 Å². The maximum absolute atomic E-state index is 10.6. The van der Waals surface area contributed by atoms with Crippen LogP contribution in [0.4, 0.5) is 0 Å². The molecule has 2 fully saturated rings. The second-order valence-electron chi connectivity index (χ2n) is 6.72.